The Morgan fingerprint density at radius 2 is 2.15 bits per heavy atom. The number of primary amides is 1. The molecule has 134 valence electrons. The van der Waals surface area contributed by atoms with Crippen molar-refractivity contribution in [2.75, 3.05) is 5.32 Å². The number of benzene rings is 1. The molecule has 2 aromatic rings. The van der Waals surface area contributed by atoms with Crippen LogP contribution in [0.5, 0.6) is 5.75 Å². The molecule has 1 aromatic carbocycles. The number of nitrogens with two attached hydrogens (primary N) is 1. The van der Waals surface area contributed by atoms with Crippen LogP contribution in [-0.4, -0.2) is 26.6 Å². The van der Waals surface area contributed by atoms with E-state index >= 15 is 0 Å². The second-order valence-corrected chi connectivity index (χ2v) is 7.67. The molecule has 0 fully saturated rings. The zero-order chi connectivity index (χ0) is 18.6. The molecule has 0 spiro atoms. The summed E-state index contributed by atoms with van der Waals surface area (Å²) in [7, 11) is 0. The van der Waals surface area contributed by atoms with Crippen molar-refractivity contribution in [2.24, 2.45) is 11.1 Å². The highest BCUT2D eigenvalue weighted by molar-refractivity contribution is 6.02. The van der Waals surface area contributed by atoms with E-state index in [-0.39, 0.29) is 22.5 Å². The maximum atomic E-state index is 13.0. The van der Waals surface area contributed by atoms with Crippen molar-refractivity contribution in [3.8, 4) is 5.75 Å². The summed E-state index contributed by atoms with van der Waals surface area (Å²) in [6.07, 6.45) is 2.52. The minimum Gasteiger partial charge on any atom is -0.508 e. The Bertz CT molecular complexity index is 971. The average molecular weight is 352 g/mol. The standard InChI is InChI=1S/C19H20N4O3/c1-19(2)7-13-15(14(25)8-19)16(10-4-3-5-11(24)6-10)23-18(22-13)12(9-21-23)17(20)26/h3-6,9,16,22,24H,7-8H2,1-2H3,(H2,20,26)/t16-/m0/s1. The number of amides is 1. The highest BCUT2D eigenvalue weighted by Crippen LogP contribution is 2.46. The molecule has 7 heteroatoms. The molecule has 0 radical (unpaired) electrons. The number of carbonyl (C=O) groups is 2. The van der Waals surface area contributed by atoms with Crippen molar-refractivity contribution in [3.63, 3.8) is 0 Å². The van der Waals surface area contributed by atoms with Gasteiger partial charge < -0.3 is 16.2 Å². The monoisotopic (exact) mass is 352 g/mol. The lowest BCUT2D eigenvalue weighted by atomic mass is 9.73. The number of hydrogen-bond acceptors (Lipinski definition) is 5. The largest absolute Gasteiger partial charge is 0.508 e. The third kappa shape index (κ3) is 2.47. The number of hydrogen-bond donors (Lipinski definition) is 3. The summed E-state index contributed by atoms with van der Waals surface area (Å²) >= 11 is 0. The fourth-order valence-electron chi connectivity index (χ4n) is 3.89. The molecule has 4 rings (SSSR count). The van der Waals surface area contributed by atoms with E-state index < -0.39 is 11.9 Å². The normalized spacial score (nSPS) is 21.0. The Morgan fingerprint density at radius 3 is 2.85 bits per heavy atom. The summed E-state index contributed by atoms with van der Waals surface area (Å²) in [5, 5.41) is 17.4. The van der Waals surface area contributed by atoms with Gasteiger partial charge in [-0.25, -0.2) is 4.68 Å². The first kappa shape index (κ1) is 16.4. The average Bonchev–Trinajstić information content (AvgIpc) is 2.95. The molecule has 1 aliphatic carbocycles. The number of phenolic OH excluding ortho intramolecular Hbond substituents is 1. The molecule has 26 heavy (non-hydrogen) atoms. The summed E-state index contributed by atoms with van der Waals surface area (Å²) in [6.45, 7) is 4.08. The van der Waals surface area contributed by atoms with Gasteiger partial charge in [0, 0.05) is 17.7 Å². The Labute approximate surface area is 150 Å². The maximum Gasteiger partial charge on any atom is 0.254 e. The number of ketones is 1. The van der Waals surface area contributed by atoms with Crippen LogP contribution in [-0.2, 0) is 4.79 Å². The molecule has 1 aromatic heterocycles. The van der Waals surface area contributed by atoms with Crippen molar-refractivity contribution >= 4 is 17.5 Å². The number of carbonyl (C=O) groups excluding carboxylic acids is 2. The molecular formula is C19H20N4O3. The van der Waals surface area contributed by atoms with E-state index in [0.717, 1.165) is 11.3 Å². The van der Waals surface area contributed by atoms with Crippen LogP contribution in [0.2, 0.25) is 0 Å². The van der Waals surface area contributed by atoms with E-state index in [1.165, 1.54) is 6.20 Å². The van der Waals surface area contributed by atoms with Crippen LogP contribution in [0.3, 0.4) is 0 Å². The van der Waals surface area contributed by atoms with Gasteiger partial charge in [-0.15, -0.1) is 0 Å². The van der Waals surface area contributed by atoms with E-state index in [4.69, 9.17) is 5.73 Å². The molecule has 0 unspecified atom stereocenters. The molecule has 4 N–H and O–H groups in total. The first-order valence-electron chi connectivity index (χ1n) is 8.46. The first-order chi connectivity index (χ1) is 12.3. The van der Waals surface area contributed by atoms with Crippen molar-refractivity contribution in [2.45, 2.75) is 32.7 Å². The minimum absolute atomic E-state index is 0.0406. The lowest BCUT2D eigenvalue weighted by Crippen LogP contribution is -2.37. The van der Waals surface area contributed by atoms with Gasteiger partial charge in [0.05, 0.1) is 6.20 Å². The Kier molecular flexibility index (Phi) is 3.44. The van der Waals surface area contributed by atoms with Gasteiger partial charge in [-0.05, 0) is 29.5 Å². The molecule has 0 saturated heterocycles. The fourth-order valence-corrected chi connectivity index (χ4v) is 3.89. The second kappa shape index (κ2) is 5.45. The predicted molar refractivity (Wildman–Crippen MR) is 95.7 cm³/mol. The SMILES string of the molecule is CC1(C)CC(=O)C2=C(C1)Nc1c(C(N)=O)cnn1[C@H]2c1cccc(O)c1. The van der Waals surface area contributed by atoms with Crippen LogP contribution < -0.4 is 11.1 Å². The van der Waals surface area contributed by atoms with Crippen LogP contribution in [0.15, 0.2) is 41.7 Å². The van der Waals surface area contributed by atoms with E-state index in [9.17, 15) is 14.7 Å². The van der Waals surface area contributed by atoms with Crippen LogP contribution >= 0.6 is 0 Å². The number of allylic oxidation sites excluding steroid dienone is 2. The fraction of sp³-hybridized carbons (Fsp3) is 0.316. The van der Waals surface area contributed by atoms with Gasteiger partial charge in [0.25, 0.3) is 5.91 Å². The van der Waals surface area contributed by atoms with E-state index in [2.05, 4.69) is 10.4 Å². The highest BCUT2D eigenvalue weighted by Gasteiger charge is 2.42. The number of Topliss-reactive ketones (excluding diaryl/α,β-unsaturated/α-hetero) is 1. The predicted octanol–water partition coefficient (Wildman–Crippen LogP) is 2.35. The Balaban J connectivity index is 1.95. The first-order valence-corrected chi connectivity index (χ1v) is 8.46. The third-order valence-corrected chi connectivity index (χ3v) is 4.95. The van der Waals surface area contributed by atoms with Crippen LogP contribution in [0.4, 0.5) is 5.82 Å². The summed E-state index contributed by atoms with van der Waals surface area (Å²) < 4.78 is 1.60. The van der Waals surface area contributed by atoms with Gasteiger partial charge in [-0.3, -0.25) is 9.59 Å². The molecule has 0 bridgehead atoms. The lowest BCUT2D eigenvalue weighted by Gasteiger charge is -2.39. The number of fused-ring (bicyclic) bond motifs is 1. The number of aromatic hydroxyl groups is 1. The molecule has 0 saturated carbocycles. The van der Waals surface area contributed by atoms with E-state index in [1.807, 2.05) is 19.9 Å². The molecule has 7 nitrogen and oxygen atoms in total. The van der Waals surface area contributed by atoms with Gasteiger partial charge in [0.1, 0.15) is 23.2 Å². The zero-order valence-electron chi connectivity index (χ0n) is 14.6. The summed E-state index contributed by atoms with van der Waals surface area (Å²) in [4.78, 5) is 24.8. The number of anilines is 1. The minimum atomic E-state index is -0.584. The number of nitrogens with zero attached hydrogens (tertiary/aromatic N) is 2. The number of nitrogens with one attached hydrogen (secondary N) is 1. The topological polar surface area (TPSA) is 110 Å². The molecular weight excluding hydrogens is 332 g/mol. The van der Waals surface area contributed by atoms with E-state index in [0.29, 0.717) is 24.2 Å². The Morgan fingerprint density at radius 1 is 1.38 bits per heavy atom. The molecule has 1 amide bonds. The Hall–Kier alpha value is -3.09. The quantitative estimate of drug-likeness (QED) is 0.768. The van der Waals surface area contributed by atoms with Crippen LogP contribution in [0.25, 0.3) is 0 Å². The van der Waals surface area contributed by atoms with Crippen LogP contribution in [0.1, 0.15) is 48.7 Å². The van der Waals surface area contributed by atoms with Gasteiger partial charge >= 0.3 is 0 Å². The summed E-state index contributed by atoms with van der Waals surface area (Å²) in [5.41, 5.74) is 7.72. The van der Waals surface area contributed by atoms with Crippen molar-refractivity contribution in [1.82, 2.24) is 9.78 Å². The number of phenols is 1. The van der Waals surface area contributed by atoms with Gasteiger partial charge in [0.15, 0.2) is 5.78 Å². The molecule has 2 heterocycles. The van der Waals surface area contributed by atoms with Crippen LogP contribution in [0, 0.1) is 5.41 Å². The second-order valence-electron chi connectivity index (χ2n) is 7.67. The summed E-state index contributed by atoms with van der Waals surface area (Å²) in [6, 6.07) is 6.24. The molecule has 2 aliphatic rings. The van der Waals surface area contributed by atoms with Crippen molar-refractivity contribution < 1.29 is 14.7 Å². The van der Waals surface area contributed by atoms with Gasteiger partial charge in [-0.2, -0.15) is 5.10 Å². The smallest absolute Gasteiger partial charge is 0.254 e. The summed E-state index contributed by atoms with van der Waals surface area (Å²) in [5.74, 6) is 0.0448. The number of aromatic nitrogens is 2. The van der Waals surface area contributed by atoms with Gasteiger partial charge in [0.2, 0.25) is 0 Å². The molecule has 1 aliphatic heterocycles. The third-order valence-electron chi connectivity index (χ3n) is 4.95. The van der Waals surface area contributed by atoms with Crippen molar-refractivity contribution in [1.29, 1.82) is 0 Å². The van der Waals surface area contributed by atoms with Crippen molar-refractivity contribution in [3.05, 3.63) is 52.9 Å². The van der Waals surface area contributed by atoms with Gasteiger partial charge in [-0.1, -0.05) is 26.0 Å². The zero-order valence-corrected chi connectivity index (χ0v) is 14.6. The lowest BCUT2D eigenvalue weighted by molar-refractivity contribution is -0.118. The number of rotatable bonds is 2. The molecule has 1 atom stereocenters. The highest BCUT2D eigenvalue weighted by atomic mass is 16.3. The maximum absolute atomic E-state index is 13.0. The van der Waals surface area contributed by atoms with E-state index in [1.54, 1.807) is 22.9 Å².